The van der Waals surface area contributed by atoms with Crippen LogP contribution in [0.4, 0.5) is 10.8 Å². The molecular formula is C11H9ClN4O2S. The molecule has 0 bridgehead atoms. The number of nitrogens with one attached hydrogen (secondary N) is 1. The summed E-state index contributed by atoms with van der Waals surface area (Å²) in [6, 6.07) is 4.41. The van der Waals surface area contributed by atoms with Gasteiger partial charge in [-0.25, -0.2) is 4.98 Å². The lowest BCUT2D eigenvalue weighted by Crippen LogP contribution is -2.14. The first-order valence-electron chi connectivity index (χ1n) is 5.09. The van der Waals surface area contributed by atoms with Gasteiger partial charge in [-0.2, -0.15) is 0 Å². The third-order valence-electron chi connectivity index (χ3n) is 2.25. The predicted octanol–water partition coefficient (Wildman–Crippen LogP) is 1.73. The normalized spacial score (nSPS) is 10.2. The Balaban J connectivity index is 2.18. The number of nitrogen functional groups attached to an aromatic ring is 1. The maximum Gasteiger partial charge on any atom is 0.275 e. The second kappa shape index (κ2) is 5.25. The topological polar surface area (TPSA) is 111 Å². The molecule has 8 heteroatoms. The fraction of sp³-hybridized carbons (Fsp3) is 0. The molecule has 1 aromatic carbocycles. The molecule has 0 aliphatic carbocycles. The Hall–Kier alpha value is -2.12. The van der Waals surface area contributed by atoms with E-state index in [1.54, 1.807) is 5.38 Å². The first-order chi connectivity index (χ1) is 8.97. The Morgan fingerprint density at radius 2 is 2.11 bits per heavy atom. The maximum absolute atomic E-state index is 11.8. The summed E-state index contributed by atoms with van der Waals surface area (Å²) >= 11 is 7.04. The molecule has 0 saturated heterocycles. The van der Waals surface area contributed by atoms with Crippen molar-refractivity contribution in [2.24, 2.45) is 5.73 Å². The van der Waals surface area contributed by atoms with Gasteiger partial charge in [-0.1, -0.05) is 11.6 Å². The minimum Gasteiger partial charge on any atom is -0.375 e. The summed E-state index contributed by atoms with van der Waals surface area (Å²) in [5.74, 6) is -1.04. The number of primary amides is 1. The van der Waals surface area contributed by atoms with Gasteiger partial charge in [0.2, 0.25) is 5.91 Å². The number of nitrogens with zero attached hydrogens (tertiary/aromatic N) is 1. The minimum atomic E-state index is -0.629. The average molecular weight is 297 g/mol. The summed E-state index contributed by atoms with van der Waals surface area (Å²) in [7, 11) is 0. The first-order valence-corrected chi connectivity index (χ1v) is 6.35. The molecule has 0 aliphatic rings. The number of hydrogen-bond donors (Lipinski definition) is 3. The van der Waals surface area contributed by atoms with Gasteiger partial charge >= 0.3 is 0 Å². The van der Waals surface area contributed by atoms with E-state index in [0.717, 1.165) is 0 Å². The van der Waals surface area contributed by atoms with Crippen molar-refractivity contribution in [2.75, 3.05) is 11.1 Å². The number of benzene rings is 1. The molecule has 2 rings (SSSR count). The Labute approximate surface area is 117 Å². The van der Waals surface area contributed by atoms with E-state index in [-0.39, 0.29) is 16.3 Å². The molecule has 1 aromatic heterocycles. The van der Waals surface area contributed by atoms with Crippen LogP contribution in [0, 0.1) is 0 Å². The Bertz CT molecular complexity index is 656. The molecule has 0 radical (unpaired) electrons. The lowest BCUT2D eigenvalue weighted by molar-refractivity contribution is 0.0998. The van der Waals surface area contributed by atoms with Crippen LogP contribution in [0.15, 0.2) is 23.6 Å². The number of rotatable bonds is 3. The second-order valence-electron chi connectivity index (χ2n) is 3.58. The monoisotopic (exact) mass is 296 g/mol. The summed E-state index contributed by atoms with van der Waals surface area (Å²) < 4.78 is 0. The summed E-state index contributed by atoms with van der Waals surface area (Å²) in [4.78, 5) is 26.7. The number of hydrogen-bond acceptors (Lipinski definition) is 5. The van der Waals surface area contributed by atoms with Crippen LogP contribution < -0.4 is 16.8 Å². The quantitative estimate of drug-likeness (QED) is 0.800. The summed E-state index contributed by atoms with van der Waals surface area (Å²) in [6.07, 6.45) is 0. The van der Waals surface area contributed by atoms with Crippen molar-refractivity contribution in [3.05, 3.63) is 39.9 Å². The molecule has 0 spiro atoms. The van der Waals surface area contributed by atoms with Crippen molar-refractivity contribution in [1.82, 2.24) is 4.98 Å². The van der Waals surface area contributed by atoms with Crippen LogP contribution in [-0.4, -0.2) is 16.8 Å². The highest BCUT2D eigenvalue weighted by Crippen LogP contribution is 2.21. The molecule has 0 saturated carbocycles. The SMILES string of the molecule is NC(=O)c1ccc(NC(=O)c2csc(N)n2)cc1Cl. The van der Waals surface area contributed by atoms with E-state index in [0.29, 0.717) is 10.8 Å². The third kappa shape index (κ3) is 3.01. The molecule has 19 heavy (non-hydrogen) atoms. The van der Waals surface area contributed by atoms with Crippen molar-refractivity contribution >= 4 is 45.6 Å². The van der Waals surface area contributed by atoms with E-state index in [1.807, 2.05) is 0 Å². The highest BCUT2D eigenvalue weighted by atomic mass is 35.5. The second-order valence-corrected chi connectivity index (χ2v) is 4.88. The Kier molecular flexibility index (Phi) is 3.68. The van der Waals surface area contributed by atoms with E-state index in [1.165, 1.54) is 29.5 Å². The molecule has 6 nitrogen and oxygen atoms in total. The zero-order chi connectivity index (χ0) is 14.0. The van der Waals surface area contributed by atoms with E-state index in [2.05, 4.69) is 10.3 Å². The van der Waals surface area contributed by atoms with Crippen molar-refractivity contribution < 1.29 is 9.59 Å². The van der Waals surface area contributed by atoms with E-state index >= 15 is 0 Å². The van der Waals surface area contributed by atoms with Crippen LogP contribution in [0.2, 0.25) is 5.02 Å². The van der Waals surface area contributed by atoms with Crippen LogP contribution in [0.25, 0.3) is 0 Å². The van der Waals surface area contributed by atoms with Crippen molar-refractivity contribution in [3.8, 4) is 0 Å². The summed E-state index contributed by atoms with van der Waals surface area (Å²) in [5.41, 5.74) is 11.4. The van der Waals surface area contributed by atoms with E-state index < -0.39 is 11.8 Å². The zero-order valence-corrected chi connectivity index (χ0v) is 11.1. The highest BCUT2D eigenvalue weighted by molar-refractivity contribution is 7.13. The maximum atomic E-state index is 11.8. The summed E-state index contributed by atoms with van der Waals surface area (Å²) in [5, 5.41) is 4.62. The van der Waals surface area contributed by atoms with Gasteiger partial charge in [-0.3, -0.25) is 9.59 Å². The standard InChI is InChI=1S/C11H9ClN4O2S/c12-7-3-5(1-2-6(7)9(13)17)15-10(18)8-4-19-11(14)16-8/h1-4H,(H2,13,17)(H2,14,16)(H,15,18). The number of anilines is 2. The van der Waals surface area contributed by atoms with Crippen molar-refractivity contribution in [3.63, 3.8) is 0 Å². The number of thiazole rings is 1. The Morgan fingerprint density at radius 1 is 1.37 bits per heavy atom. The van der Waals surface area contributed by atoms with Gasteiger partial charge in [-0.15, -0.1) is 11.3 Å². The van der Waals surface area contributed by atoms with Gasteiger partial charge in [-0.05, 0) is 18.2 Å². The molecule has 0 unspecified atom stereocenters. The van der Waals surface area contributed by atoms with Gasteiger partial charge in [0.15, 0.2) is 5.13 Å². The number of amides is 2. The number of carbonyl (C=O) groups excluding carboxylic acids is 2. The predicted molar refractivity (Wildman–Crippen MR) is 74.4 cm³/mol. The smallest absolute Gasteiger partial charge is 0.275 e. The van der Waals surface area contributed by atoms with Crippen LogP contribution in [0.3, 0.4) is 0 Å². The van der Waals surface area contributed by atoms with Crippen molar-refractivity contribution in [1.29, 1.82) is 0 Å². The lowest BCUT2D eigenvalue weighted by atomic mass is 10.2. The van der Waals surface area contributed by atoms with E-state index in [9.17, 15) is 9.59 Å². The molecule has 0 atom stereocenters. The molecule has 1 heterocycles. The lowest BCUT2D eigenvalue weighted by Gasteiger charge is -2.05. The minimum absolute atomic E-state index is 0.170. The molecule has 5 N–H and O–H groups in total. The highest BCUT2D eigenvalue weighted by Gasteiger charge is 2.12. The van der Waals surface area contributed by atoms with Gasteiger partial charge in [0, 0.05) is 11.1 Å². The largest absolute Gasteiger partial charge is 0.375 e. The fourth-order valence-electron chi connectivity index (χ4n) is 1.38. The molecular weight excluding hydrogens is 288 g/mol. The van der Waals surface area contributed by atoms with E-state index in [4.69, 9.17) is 23.1 Å². The number of carbonyl (C=O) groups is 2. The van der Waals surface area contributed by atoms with Crippen LogP contribution in [0.1, 0.15) is 20.8 Å². The van der Waals surface area contributed by atoms with Crippen LogP contribution in [-0.2, 0) is 0 Å². The first kappa shape index (κ1) is 13.3. The van der Waals surface area contributed by atoms with Gasteiger partial charge in [0.05, 0.1) is 10.6 Å². The zero-order valence-electron chi connectivity index (χ0n) is 9.51. The van der Waals surface area contributed by atoms with Gasteiger partial charge in [0.1, 0.15) is 5.69 Å². The van der Waals surface area contributed by atoms with Crippen molar-refractivity contribution in [2.45, 2.75) is 0 Å². The average Bonchev–Trinajstić information content (AvgIpc) is 2.75. The number of nitrogens with two attached hydrogens (primary N) is 2. The van der Waals surface area contributed by atoms with Gasteiger partial charge < -0.3 is 16.8 Å². The number of aromatic nitrogens is 1. The molecule has 0 fully saturated rings. The molecule has 2 amide bonds. The number of halogens is 1. The molecule has 0 aliphatic heterocycles. The Morgan fingerprint density at radius 3 is 2.63 bits per heavy atom. The summed E-state index contributed by atoms with van der Waals surface area (Å²) in [6.45, 7) is 0. The van der Waals surface area contributed by atoms with Crippen LogP contribution in [0.5, 0.6) is 0 Å². The van der Waals surface area contributed by atoms with Gasteiger partial charge in [0.25, 0.3) is 5.91 Å². The molecule has 2 aromatic rings. The fourth-order valence-corrected chi connectivity index (χ4v) is 2.20. The molecule has 98 valence electrons. The van der Waals surface area contributed by atoms with Crippen LogP contribution >= 0.6 is 22.9 Å². The third-order valence-corrected chi connectivity index (χ3v) is 3.23.